The van der Waals surface area contributed by atoms with E-state index in [0.717, 1.165) is 0 Å². The normalized spacial score (nSPS) is 12.8. The van der Waals surface area contributed by atoms with Crippen LogP contribution in [0, 0.1) is 0 Å². The highest BCUT2D eigenvalue weighted by atomic mass is 32.2. The molecular formula is C6H10N4O2S. The Hall–Kier alpha value is -1.08. The van der Waals surface area contributed by atoms with Crippen LogP contribution < -0.4 is 5.73 Å². The second-order valence-corrected chi connectivity index (χ2v) is 3.47. The van der Waals surface area contributed by atoms with Crippen LogP contribution in [0.1, 0.15) is 0 Å². The van der Waals surface area contributed by atoms with Crippen LogP contribution in [0.15, 0.2) is 11.5 Å². The van der Waals surface area contributed by atoms with Crippen LogP contribution in [0.4, 0.5) is 0 Å². The van der Waals surface area contributed by atoms with Gasteiger partial charge in [0, 0.05) is 12.8 Å². The summed E-state index contributed by atoms with van der Waals surface area (Å²) >= 11 is 1.27. The van der Waals surface area contributed by atoms with E-state index in [4.69, 9.17) is 10.8 Å². The Bertz CT molecular complexity index is 301. The maximum atomic E-state index is 10.4. The maximum absolute atomic E-state index is 10.4. The van der Waals surface area contributed by atoms with Crippen molar-refractivity contribution in [3.05, 3.63) is 6.33 Å². The van der Waals surface area contributed by atoms with E-state index in [9.17, 15) is 4.79 Å². The number of rotatable bonds is 4. The van der Waals surface area contributed by atoms with Crippen molar-refractivity contribution in [2.75, 3.05) is 5.75 Å². The molecule has 0 saturated heterocycles. The summed E-state index contributed by atoms with van der Waals surface area (Å²) in [6, 6.07) is -0.860. The van der Waals surface area contributed by atoms with Crippen molar-refractivity contribution in [3.8, 4) is 0 Å². The molecule has 1 rings (SSSR count). The summed E-state index contributed by atoms with van der Waals surface area (Å²) in [6.07, 6.45) is 1.55. The van der Waals surface area contributed by atoms with Gasteiger partial charge in [0.25, 0.3) is 0 Å². The van der Waals surface area contributed by atoms with Crippen LogP contribution in [0.5, 0.6) is 0 Å². The first-order valence-electron chi connectivity index (χ1n) is 3.56. The molecule has 0 amide bonds. The largest absolute Gasteiger partial charge is 0.480 e. The monoisotopic (exact) mass is 202 g/mol. The first-order valence-corrected chi connectivity index (χ1v) is 4.55. The van der Waals surface area contributed by atoms with Crippen LogP contribution in [-0.2, 0) is 11.8 Å². The van der Waals surface area contributed by atoms with E-state index in [1.807, 2.05) is 0 Å². The van der Waals surface area contributed by atoms with Crippen molar-refractivity contribution >= 4 is 17.7 Å². The number of carboxylic acid groups (broad SMARTS) is 1. The highest BCUT2D eigenvalue weighted by Gasteiger charge is 2.13. The molecule has 0 aromatic carbocycles. The minimum Gasteiger partial charge on any atom is -0.480 e. The zero-order valence-electron chi connectivity index (χ0n) is 7.04. The first-order chi connectivity index (χ1) is 6.11. The summed E-state index contributed by atoms with van der Waals surface area (Å²) in [5.74, 6) is -0.711. The Kier molecular flexibility index (Phi) is 3.26. The molecule has 0 aliphatic carbocycles. The van der Waals surface area contributed by atoms with Crippen LogP contribution in [0.25, 0.3) is 0 Å². The topological polar surface area (TPSA) is 94.0 Å². The van der Waals surface area contributed by atoms with Gasteiger partial charge < -0.3 is 15.4 Å². The third kappa shape index (κ3) is 2.71. The third-order valence-corrected chi connectivity index (χ3v) is 2.53. The van der Waals surface area contributed by atoms with Crippen molar-refractivity contribution in [1.82, 2.24) is 14.8 Å². The molecule has 72 valence electrons. The molecular weight excluding hydrogens is 192 g/mol. The highest BCUT2D eigenvalue weighted by Crippen LogP contribution is 2.13. The Morgan fingerprint density at radius 3 is 3.08 bits per heavy atom. The minimum atomic E-state index is -1.00. The van der Waals surface area contributed by atoms with Crippen molar-refractivity contribution in [1.29, 1.82) is 0 Å². The zero-order valence-corrected chi connectivity index (χ0v) is 7.86. The van der Waals surface area contributed by atoms with E-state index in [2.05, 4.69) is 10.2 Å². The number of aliphatic carboxylic acids is 1. The van der Waals surface area contributed by atoms with Gasteiger partial charge in [-0.05, 0) is 0 Å². The lowest BCUT2D eigenvalue weighted by molar-refractivity contribution is -0.137. The fourth-order valence-corrected chi connectivity index (χ4v) is 1.47. The van der Waals surface area contributed by atoms with Gasteiger partial charge >= 0.3 is 5.97 Å². The van der Waals surface area contributed by atoms with Gasteiger partial charge in [0.15, 0.2) is 5.16 Å². The Morgan fingerprint density at radius 1 is 1.92 bits per heavy atom. The average molecular weight is 202 g/mol. The molecule has 13 heavy (non-hydrogen) atoms. The van der Waals surface area contributed by atoms with Crippen LogP contribution in [0.3, 0.4) is 0 Å². The molecule has 1 unspecified atom stereocenters. The van der Waals surface area contributed by atoms with Gasteiger partial charge in [-0.25, -0.2) is 0 Å². The standard InChI is InChI=1S/C6H10N4O2S/c1-10-3-8-9-6(10)13-2-4(7)5(11)12/h3-4H,2,7H2,1H3,(H,11,12). The summed E-state index contributed by atoms with van der Waals surface area (Å²) < 4.78 is 1.71. The van der Waals surface area contributed by atoms with E-state index in [1.54, 1.807) is 17.9 Å². The highest BCUT2D eigenvalue weighted by molar-refractivity contribution is 7.99. The predicted molar refractivity (Wildman–Crippen MR) is 47.3 cm³/mol. The molecule has 3 N–H and O–H groups in total. The number of aromatic nitrogens is 3. The number of hydrogen-bond donors (Lipinski definition) is 2. The quantitative estimate of drug-likeness (QED) is 0.628. The Morgan fingerprint density at radius 2 is 2.62 bits per heavy atom. The molecule has 0 bridgehead atoms. The van der Waals surface area contributed by atoms with Gasteiger partial charge in [0.2, 0.25) is 0 Å². The van der Waals surface area contributed by atoms with Gasteiger partial charge in [0.1, 0.15) is 12.4 Å². The lowest BCUT2D eigenvalue weighted by Crippen LogP contribution is -2.32. The number of carboxylic acids is 1. The summed E-state index contributed by atoms with van der Waals surface area (Å²) in [4.78, 5) is 10.4. The summed E-state index contributed by atoms with van der Waals surface area (Å²) in [7, 11) is 1.79. The number of nitrogens with two attached hydrogens (primary N) is 1. The van der Waals surface area contributed by atoms with Gasteiger partial charge in [-0.2, -0.15) is 0 Å². The lowest BCUT2D eigenvalue weighted by atomic mass is 10.4. The third-order valence-electron chi connectivity index (χ3n) is 1.38. The summed E-state index contributed by atoms with van der Waals surface area (Å²) in [6.45, 7) is 0. The molecule has 0 aliphatic rings. The molecule has 1 atom stereocenters. The molecule has 0 saturated carbocycles. The number of thioether (sulfide) groups is 1. The van der Waals surface area contributed by atoms with Gasteiger partial charge in [-0.15, -0.1) is 10.2 Å². The summed E-state index contributed by atoms with van der Waals surface area (Å²) in [5.41, 5.74) is 5.31. The van der Waals surface area contributed by atoms with E-state index in [1.165, 1.54) is 11.8 Å². The second-order valence-electron chi connectivity index (χ2n) is 2.48. The smallest absolute Gasteiger partial charge is 0.321 e. The van der Waals surface area contributed by atoms with E-state index >= 15 is 0 Å². The van der Waals surface area contributed by atoms with Gasteiger partial charge in [-0.3, -0.25) is 4.79 Å². The predicted octanol–water partition coefficient (Wildman–Crippen LogP) is -0.681. The molecule has 7 heteroatoms. The average Bonchev–Trinajstić information content (AvgIpc) is 2.47. The Labute approximate surface area is 79.1 Å². The molecule has 0 radical (unpaired) electrons. The maximum Gasteiger partial charge on any atom is 0.321 e. The fourth-order valence-electron chi connectivity index (χ4n) is 0.639. The molecule has 1 heterocycles. The van der Waals surface area contributed by atoms with Crippen LogP contribution in [0.2, 0.25) is 0 Å². The number of nitrogens with zero attached hydrogens (tertiary/aromatic N) is 3. The van der Waals surface area contributed by atoms with Crippen molar-refractivity contribution in [2.45, 2.75) is 11.2 Å². The fraction of sp³-hybridized carbons (Fsp3) is 0.500. The van der Waals surface area contributed by atoms with Crippen molar-refractivity contribution < 1.29 is 9.90 Å². The van der Waals surface area contributed by atoms with E-state index in [-0.39, 0.29) is 0 Å². The molecule has 1 aromatic heterocycles. The Balaban J connectivity index is 2.44. The van der Waals surface area contributed by atoms with Crippen LogP contribution >= 0.6 is 11.8 Å². The summed E-state index contributed by atoms with van der Waals surface area (Å²) in [5, 5.41) is 16.6. The number of carbonyl (C=O) groups is 1. The van der Waals surface area contributed by atoms with E-state index in [0.29, 0.717) is 10.9 Å². The molecule has 1 aromatic rings. The van der Waals surface area contributed by atoms with Gasteiger partial charge in [-0.1, -0.05) is 11.8 Å². The lowest BCUT2D eigenvalue weighted by Gasteiger charge is -2.04. The van der Waals surface area contributed by atoms with E-state index < -0.39 is 12.0 Å². The first kappa shape index (κ1) is 10.0. The van der Waals surface area contributed by atoms with Crippen LogP contribution in [-0.4, -0.2) is 37.6 Å². The number of aryl methyl sites for hydroxylation is 1. The molecule has 6 nitrogen and oxygen atoms in total. The second kappa shape index (κ2) is 4.24. The molecule has 0 fully saturated rings. The molecule has 0 spiro atoms. The zero-order chi connectivity index (χ0) is 9.84. The number of hydrogen-bond acceptors (Lipinski definition) is 5. The van der Waals surface area contributed by atoms with Gasteiger partial charge in [0.05, 0.1) is 0 Å². The van der Waals surface area contributed by atoms with Crippen molar-refractivity contribution in [2.24, 2.45) is 12.8 Å². The molecule has 0 aliphatic heterocycles. The SMILES string of the molecule is Cn1cnnc1SCC(N)C(=O)O. The minimum absolute atomic E-state index is 0.294. The van der Waals surface area contributed by atoms with Crippen molar-refractivity contribution in [3.63, 3.8) is 0 Å².